The van der Waals surface area contributed by atoms with Crippen molar-refractivity contribution in [3.63, 3.8) is 0 Å². The predicted octanol–water partition coefficient (Wildman–Crippen LogP) is 4.30. The second-order valence-corrected chi connectivity index (χ2v) is 7.55. The zero-order valence-corrected chi connectivity index (χ0v) is 14.7. The van der Waals surface area contributed by atoms with Crippen LogP contribution in [0.3, 0.4) is 0 Å². The molecule has 1 N–H and O–H groups in total. The average molecular weight is 354 g/mol. The summed E-state index contributed by atoms with van der Waals surface area (Å²) in [4.78, 5) is 9.08. The van der Waals surface area contributed by atoms with Gasteiger partial charge < -0.3 is 5.32 Å². The summed E-state index contributed by atoms with van der Waals surface area (Å²) >= 11 is 5.19. The van der Waals surface area contributed by atoms with Gasteiger partial charge in [-0.2, -0.15) is 0 Å². The van der Waals surface area contributed by atoms with Crippen LogP contribution in [0.15, 0.2) is 28.3 Å². The van der Waals surface area contributed by atoms with E-state index in [0.29, 0.717) is 0 Å². The second-order valence-electron chi connectivity index (χ2n) is 5.75. The molecule has 0 aliphatic heterocycles. The lowest BCUT2D eigenvalue weighted by molar-refractivity contribution is 0.562. The third-order valence-electron chi connectivity index (χ3n) is 3.00. The molecule has 108 valence electrons. The summed E-state index contributed by atoms with van der Waals surface area (Å²) in [5.41, 5.74) is 2.36. The summed E-state index contributed by atoms with van der Waals surface area (Å²) in [6, 6.07) is 2.20. The van der Waals surface area contributed by atoms with E-state index in [1.54, 1.807) is 17.5 Å². The zero-order valence-electron chi connectivity index (χ0n) is 12.3. The van der Waals surface area contributed by atoms with Crippen LogP contribution in [0.4, 0.5) is 0 Å². The van der Waals surface area contributed by atoms with E-state index in [-0.39, 0.29) is 11.5 Å². The van der Waals surface area contributed by atoms with Gasteiger partial charge in [0.2, 0.25) is 0 Å². The minimum absolute atomic E-state index is 0.0844. The Morgan fingerprint density at radius 1 is 1.35 bits per heavy atom. The van der Waals surface area contributed by atoms with E-state index >= 15 is 0 Å². The molecule has 20 heavy (non-hydrogen) atoms. The van der Waals surface area contributed by atoms with E-state index in [0.717, 1.165) is 27.3 Å². The number of hydrogen-bond donors (Lipinski definition) is 1. The van der Waals surface area contributed by atoms with Crippen molar-refractivity contribution in [2.45, 2.75) is 39.2 Å². The van der Waals surface area contributed by atoms with Crippen molar-refractivity contribution >= 4 is 27.3 Å². The van der Waals surface area contributed by atoms with Gasteiger partial charge in [0.05, 0.1) is 11.7 Å². The molecule has 1 atom stereocenters. The molecular formula is C15H20BrN3S. The van der Waals surface area contributed by atoms with Gasteiger partial charge >= 0.3 is 0 Å². The lowest BCUT2D eigenvalue weighted by Gasteiger charge is -2.17. The smallest absolute Gasteiger partial charge is 0.114 e. The Bertz CT molecular complexity index is 574. The highest BCUT2D eigenvalue weighted by atomic mass is 79.9. The minimum Gasteiger partial charge on any atom is -0.304 e. The molecule has 0 aromatic carbocycles. The summed E-state index contributed by atoms with van der Waals surface area (Å²) < 4.78 is 0.991. The first-order valence-electron chi connectivity index (χ1n) is 6.71. The number of rotatable bonds is 4. The Morgan fingerprint density at radius 3 is 2.65 bits per heavy atom. The standard InChI is InChI=1S/C15H20BrN3S/c1-5-18-13(10-6-11(16)8-17-7-10)14-19-12(9-20-14)15(2,3)4/h6-9,13,18H,5H2,1-4H3. The number of nitrogens with zero attached hydrogens (tertiary/aromatic N) is 2. The molecule has 2 aromatic rings. The van der Waals surface area contributed by atoms with Crippen LogP contribution in [0.5, 0.6) is 0 Å². The molecule has 0 saturated carbocycles. The van der Waals surface area contributed by atoms with Crippen LogP contribution in [-0.4, -0.2) is 16.5 Å². The summed E-state index contributed by atoms with van der Waals surface area (Å²) in [6.45, 7) is 9.57. The molecule has 0 spiro atoms. The monoisotopic (exact) mass is 353 g/mol. The van der Waals surface area contributed by atoms with Crippen LogP contribution >= 0.6 is 27.3 Å². The van der Waals surface area contributed by atoms with Gasteiger partial charge in [-0.25, -0.2) is 4.98 Å². The molecular weight excluding hydrogens is 334 g/mol. The lowest BCUT2D eigenvalue weighted by atomic mass is 9.93. The Balaban J connectivity index is 2.36. The molecule has 1 unspecified atom stereocenters. The summed E-state index contributed by atoms with van der Waals surface area (Å²) in [6.07, 6.45) is 3.70. The topological polar surface area (TPSA) is 37.8 Å². The fourth-order valence-electron chi connectivity index (χ4n) is 1.90. The van der Waals surface area contributed by atoms with Crippen LogP contribution in [0.2, 0.25) is 0 Å². The fraction of sp³-hybridized carbons (Fsp3) is 0.467. The van der Waals surface area contributed by atoms with Crippen LogP contribution < -0.4 is 5.32 Å². The maximum Gasteiger partial charge on any atom is 0.114 e. The molecule has 0 aliphatic rings. The van der Waals surface area contributed by atoms with Gasteiger partial charge in [-0.1, -0.05) is 27.7 Å². The Labute approximate surface area is 133 Å². The van der Waals surface area contributed by atoms with Crippen molar-refractivity contribution in [3.8, 4) is 0 Å². The highest BCUT2D eigenvalue weighted by Crippen LogP contribution is 2.30. The van der Waals surface area contributed by atoms with E-state index in [1.165, 1.54) is 0 Å². The van der Waals surface area contributed by atoms with E-state index < -0.39 is 0 Å². The Kier molecular flexibility index (Phi) is 4.94. The van der Waals surface area contributed by atoms with Crippen LogP contribution in [0.1, 0.15) is 50.0 Å². The number of nitrogens with one attached hydrogen (secondary N) is 1. The van der Waals surface area contributed by atoms with E-state index in [2.05, 4.69) is 65.4 Å². The maximum atomic E-state index is 4.82. The molecule has 5 heteroatoms. The SMILES string of the molecule is CCNC(c1cncc(Br)c1)c1nc(C(C)(C)C)cs1. The second kappa shape index (κ2) is 6.33. The summed E-state index contributed by atoms with van der Waals surface area (Å²) in [5.74, 6) is 0. The summed E-state index contributed by atoms with van der Waals surface area (Å²) in [5, 5.41) is 6.75. The van der Waals surface area contributed by atoms with Crippen LogP contribution in [0.25, 0.3) is 0 Å². The van der Waals surface area contributed by atoms with Crippen molar-refractivity contribution in [1.82, 2.24) is 15.3 Å². The highest BCUT2D eigenvalue weighted by molar-refractivity contribution is 9.10. The minimum atomic E-state index is 0.0844. The molecule has 2 aromatic heterocycles. The first-order valence-corrected chi connectivity index (χ1v) is 8.39. The maximum absolute atomic E-state index is 4.82. The van der Waals surface area contributed by atoms with Gasteiger partial charge in [0.25, 0.3) is 0 Å². The van der Waals surface area contributed by atoms with Gasteiger partial charge in [-0.15, -0.1) is 11.3 Å². The van der Waals surface area contributed by atoms with Gasteiger partial charge in [-0.05, 0) is 34.1 Å². The molecule has 0 bridgehead atoms. The van der Waals surface area contributed by atoms with Crippen molar-refractivity contribution in [2.75, 3.05) is 6.54 Å². The molecule has 2 heterocycles. The van der Waals surface area contributed by atoms with E-state index in [4.69, 9.17) is 4.98 Å². The molecule has 0 amide bonds. The zero-order chi connectivity index (χ0) is 14.8. The van der Waals surface area contributed by atoms with Crippen molar-refractivity contribution < 1.29 is 0 Å². The first kappa shape index (κ1) is 15.6. The van der Waals surface area contributed by atoms with Gasteiger partial charge in [0, 0.05) is 27.7 Å². The van der Waals surface area contributed by atoms with Gasteiger partial charge in [0.1, 0.15) is 5.01 Å². The Hall–Kier alpha value is -0.780. The highest BCUT2D eigenvalue weighted by Gasteiger charge is 2.22. The first-order chi connectivity index (χ1) is 9.41. The fourth-order valence-corrected chi connectivity index (χ4v) is 3.43. The summed E-state index contributed by atoms with van der Waals surface area (Å²) in [7, 11) is 0. The normalized spacial score (nSPS) is 13.4. The number of aromatic nitrogens is 2. The van der Waals surface area contributed by atoms with E-state index in [1.807, 2.05) is 6.20 Å². The quantitative estimate of drug-likeness (QED) is 0.890. The van der Waals surface area contributed by atoms with Crippen LogP contribution in [0, 0.1) is 0 Å². The van der Waals surface area contributed by atoms with E-state index in [9.17, 15) is 0 Å². The number of thiazole rings is 1. The molecule has 0 saturated heterocycles. The molecule has 0 aliphatic carbocycles. The Morgan fingerprint density at radius 2 is 2.10 bits per heavy atom. The number of pyridine rings is 1. The van der Waals surface area contributed by atoms with Crippen molar-refractivity contribution in [2.24, 2.45) is 0 Å². The van der Waals surface area contributed by atoms with Crippen molar-refractivity contribution in [3.05, 3.63) is 44.6 Å². The van der Waals surface area contributed by atoms with Crippen molar-refractivity contribution in [1.29, 1.82) is 0 Å². The third kappa shape index (κ3) is 3.65. The largest absolute Gasteiger partial charge is 0.304 e. The number of halogens is 1. The predicted molar refractivity (Wildman–Crippen MR) is 88.3 cm³/mol. The van der Waals surface area contributed by atoms with Gasteiger partial charge in [0.15, 0.2) is 0 Å². The molecule has 2 rings (SSSR count). The molecule has 3 nitrogen and oxygen atoms in total. The third-order valence-corrected chi connectivity index (χ3v) is 4.35. The molecule has 0 radical (unpaired) electrons. The van der Waals surface area contributed by atoms with Gasteiger partial charge in [-0.3, -0.25) is 4.98 Å². The lowest BCUT2D eigenvalue weighted by Crippen LogP contribution is -2.22. The van der Waals surface area contributed by atoms with Crippen LogP contribution in [-0.2, 0) is 5.41 Å². The average Bonchev–Trinajstić information content (AvgIpc) is 2.85. The molecule has 0 fully saturated rings. The number of hydrogen-bond acceptors (Lipinski definition) is 4.